The Balaban J connectivity index is 0.00000625. The van der Waals surface area contributed by atoms with Crippen LogP contribution in [0.5, 0.6) is 0 Å². The number of carbonyl (C=O) groups is 1. The molecule has 1 rings (SSSR count). The number of piperazine rings is 1. The van der Waals surface area contributed by atoms with E-state index in [4.69, 9.17) is 0 Å². The first kappa shape index (κ1) is 25.2. The fraction of sp³-hybridized carbons (Fsp3) is 0.875. The molecule has 0 atom stereocenters. The van der Waals surface area contributed by atoms with Crippen molar-refractivity contribution in [1.29, 1.82) is 0 Å². The summed E-state index contributed by atoms with van der Waals surface area (Å²) in [6, 6.07) is 0.133. The van der Waals surface area contributed by atoms with Crippen molar-refractivity contribution in [2.45, 2.75) is 45.3 Å². The fourth-order valence-corrected chi connectivity index (χ4v) is 2.67. The molecule has 0 aliphatic carbocycles. The van der Waals surface area contributed by atoms with Gasteiger partial charge in [0.1, 0.15) is 0 Å². The number of aliphatic imine (C=N–C) groups is 1. The van der Waals surface area contributed by atoms with Gasteiger partial charge in [-0.3, -0.25) is 14.7 Å². The number of hydrogen-bond acceptors (Lipinski definition) is 3. The largest absolute Gasteiger partial charge is 0.389 e. The van der Waals surface area contributed by atoms with E-state index >= 15 is 0 Å². The molecule has 154 valence electrons. The third kappa shape index (κ3) is 11.0. The molecule has 0 aromatic carbocycles. The van der Waals surface area contributed by atoms with Crippen molar-refractivity contribution in [3.8, 4) is 0 Å². The number of amides is 1. The van der Waals surface area contributed by atoms with Gasteiger partial charge in [0.25, 0.3) is 0 Å². The molecular formula is C16H31F3IN5O. The molecule has 0 bridgehead atoms. The van der Waals surface area contributed by atoms with E-state index in [1.54, 1.807) is 7.05 Å². The number of halogens is 4. The summed E-state index contributed by atoms with van der Waals surface area (Å²) in [7, 11) is 1.67. The van der Waals surface area contributed by atoms with Gasteiger partial charge in [0.05, 0.1) is 6.54 Å². The topological polar surface area (TPSA) is 60.0 Å². The van der Waals surface area contributed by atoms with Crippen LogP contribution in [0.2, 0.25) is 0 Å². The summed E-state index contributed by atoms with van der Waals surface area (Å²) in [5.41, 5.74) is 0. The average Bonchev–Trinajstić information content (AvgIpc) is 2.50. The Kier molecular flexibility index (Phi) is 12.2. The van der Waals surface area contributed by atoms with Crippen molar-refractivity contribution in [3.05, 3.63) is 0 Å². The minimum absolute atomic E-state index is 0. The first-order chi connectivity index (χ1) is 11.7. The summed E-state index contributed by atoms with van der Waals surface area (Å²) in [5.74, 6) is 0.730. The third-order valence-electron chi connectivity index (χ3n) is 3.87. The van der Waals surface area contributed by atoms with Crippen LogP contribution in [0.25, 0.3) is 0 Å². The number of hydrogen-bond donors (Lipinski definition) is 2. The zero-order chi connectivity index (χ0) is 18.9. The smallest absolute Gasteiger partial charge is 0.356 e. The zero-order valence-electron chi connectivity index (χ0n) is 15.7. The van der Waals surface area contributed by atoms with Crippen LogP contribution in [0.15, 0.2) is 4.99 Å². The van der Waals surface area contributed by atoms with Crippen molar-refractivity contribution >= 4 is 35.8 Å². The van der Waals surface area contributed by atoms with E-state index in [0.29, 0.717) is 25.5 Å². The lowest BCUT2D eigenvalue weighted by molar-refractivity contribution is -0.135. The Hall–Kier alpha value is -0.780. The highest BCUT2D eigenvalue weighted by molar-refractivity contribution is 14.0. The van der Waals surface area contributed by atoms with Gasteiger partial charge in [0, 0.05) is 52.2 Å². The van der Waals surface area contributed by atoms with Crippen LogP contribution >= 0.6 is 24.0 Å². The first-order valence-corrected chi connectivity index (χ1v) is 8.75. The molecule has 1 aliphatic heterocycles. The van der Waals surface area contributed by atoms with E-state index in [9.17, 15) is 18.0 Å². The van der Waals surface area contributed by atoms with E-state index in [1.807, 2.05) is 13.8 Å². The van der Waals surface area contributed by atoms with Crippen LogP contribution in [0.1, 0.15) is 33.1 Å². The number of carbonyl (C=O) groups excluding carboxylic acids is 1. The molecule has 0 saturated carbocycles. The van der Waals surface area contributed by atoms with Gasteiger partial charge in [-0.05, 0) is 26.7 Å². The van der Waals surface area contributed by atoms with Gasteiger partial charge >= 0.3 is 6.18 Å². The van der Waals surface area contributed by atoms with Crippen LogP contribution in [0.3, 0.4) is 0 Å². The lowest BCUT2D eigenvalue weighted by Gasteiger charge is -2.36. The second-order valence-corrected chi connectivity index (χ2v) is 6.53. The summed E-state index contributed by atoms with van der Waals surface area (Å²) in [4.78, 5) is 20.1. The maximum absolute atomic E-state index is 12.1. The van der Waals surface area contributed by atoms with Gasteiger partial charge in [-0.15, -0.1) is 24.0 Å². The summed E-state index contributed by atoms with van der Waals surface area (Å²) in [6.45, 7) is 7.69. The molecular weight excluding hydrogens is 462 g/mol. The second kappa shape index (κ2) is 12.6. The molecule has 0 aromatic heterocycles. The van der Waals surface area contributed by atoms with Gasteiger partial charge in [-0.25, -0.2) is 0 Å². The summed E-state index contributed by atoms with van der Waals surface area (Å²) in [6.07, 6.45) is -4.26. The third-order valence-corrected chi connectivity index (χ3v) is 3.87. The van der Waals surface area contributed by atoms with E-state index in [2.05, 4.69) is 25.4 Å². The van der Waals surface area contributed by atoms with Crippen molar-refractivity contribution in [2.75, 3.05) is 46.3 Å². The van der Waals surface area contributed by atoms with Crippen LogP contribution in [-0.2, 0) is 4.79 Å². The molecule has 6 nitrogen and oxygen atoms in total. The van der Waals surface area contributed by atoms with Crippen molar-refractivity contribution < 1.29 is 18.0 Å². The Morgan fingerprint density at radius 2 is 1.77 bits per heavy atom. The Labute approximate surface area is 171 Å². The molecule has 2 N–H and O–H groups in total. The maximum atomic E-state index is 12.1. The second-order valence-electron chi connectivity index (χ2n) is 6.53. The molecule has 1 heterocycles. The average molecular weight is 493 g/mol. The summed E-state index contributed by atoms with van der Waals surface area (Å²) in [5, 5.41) is 5.99. The van der Waals surface area contributed by atoms with Crippen molar-refractivity contribution in [2.24, 2.45) is 4.99 Å². The highest BCUT2D eigenvalue weighted by Gasteiger charge is 2.26. The van der Waals surface area contributed by atoms with Crippen LogP contribution in [-0.4, -0.2) is 80.2 Å². The predicted molar refractivity (Wildman–Crippen MR) is 108 cm³/mol. The van der Waals surface area contributed by atoms with Crippen LogP contribution in [0.4, 0.5) is 13.2 Å². The number of nitrogens with one attached hydrogen (secondary N) is 2. The summed E-state index contributed by atoms with van der Waals surface area (Å²) < 4.78 is 36.3. The standard InChI is InChI=1S/C16H30F3N5O.HI/c1-13(2)22-14(25)12-23-8-10-24(11-9-23)15(20-3)21-7-5-4-6-16(17,18)19;/h13H,4-12H2,1-3H3,(H,20,21)(H,22,25);1H. The quantitative estimate of drug-likeness (QED) is 0.247. The van der Waals surface area contributed by atoms with E-state index < -0.39 is 12.6 Å². The van der Waals surface area contributed by atoms with Crippen LogP contribution in [0, 0.1) is 0 Å². The number of alkyl halides is 3. The van der Waals surface area contributed by atoms with Gasteiger partial charge < -0.3 is 15.5 Å². The van der Waals surface area contributed by atoms with Gasteiger partial charge in [0.15, 0.2) is 5.96 Å². The minimum Gasteiger partial charge on any atom is -0.356 e. The molecule has 1 saturated heterocycles. The first-order valence-electron chi connectivity index (χ1n) is 8.75. The Morgan fingerprint density at radius 3 is 2.27 bits per heavy atom. The number of rotatable bonds is 7. The van der Waals surface area contributed by atoms with E-state index in [-0.39, 0.29) is 42.3 Å². The maximum Gasteiger partial charge on any atom is 0.389 e. The molecule has 1 fully saturated rings. The molecule has 0 unspecified atom stereocenters. The lowest BCUT2D eigenvalue weighted by atomic mass is 10.2. The fourth-order valence-electron chi connectivity index (χ4n) is 2.67. The van der Waals surface area contributed by atoms with Crippen molar-refractivity contribution in [1.82, 2.24) is 20.4 Å². The zero-order valence-corrected chi connectivity index (χ0v) is 18.1. The van der Waals surface area contributed by atoms with E-state index in [0.717, 1.165) is 26.2 Å². The number of nitrogens with zero attached hydrogens (tertiary/aromatic N) is 3. The van der Waals surface area contributed by atoms with Gasteiger partial charge in [-0.1, -0.05) is 0 Å². The monoisotopic (exact) mass is 493 g/mol. The normalized spacial score (nSPS) is 16.4. The summed E-state index contributed by atoms with van der Waals surface area (Å²) >= 11 is 0. The Bertz CT molecular complexity index is 438. The number of unbranched alkanes of at least 4 members (excludes halogenated alkanes) is 1. The Morgan fingerprint density at radius 1 is 1.15 bits per heavy atom. The molecule has 1 amide bonds. The highest BCUT2D eigenvalue weighted by Crippen LogP contribution is 2.21. The highest BCUT2D eigenvalue weighted by atomic mass is 127. The molecule has 0 radical (unpaired) electrons. The molecule has 10 heteroatoms. The molecule has 26 heavy (non-hydrogen) atoms. The number of guanidine groups is 1. The SMILES string of the molecule is CN=C(NCCCCC(F)(F)F)N1CCN(CC(=O)NC(C)C)CC1.I. The lowest BCUT2D eigenvalue weighted by Crippen LogP contribution is -2.54. The molecule has 0 aromatic rings. The predicted octanol–water partition coefficient (Wildman–Crippen LogP) is 2.05. The van der Waals surface area contributed by atoms with Gasteiger partial charge in [-0.2, -0.15) is 13.2 Å². The van der Waals surface area contributed by atoms with Crippen molar-refractivity contribution in [3.63, 3.8) is 0 Å². The minimum atomic E-state index is -4.08. The van der Waals surface area contributed by atoms with E-state index in [1.165, 1.54) is 0 Å². The van der Waals surface area contributed by atoms with Gasteiger partial charge in [0.2, 0.25) is 5.91 Å². The van der Waals surface area contributed by atoms with Crippen LogP contribution < -0.4 is 10.6 Å². The molecule has 0 spiro atoms. The molecule has 1 aliphatic rings.